The quantitative estimate of drug-likeness (QED) is 0.186. The molecule has 0 aliphatic rings. The van der Waals surface area contributed by atoms with E-state index in [1.165, 1.54) is 6.20 Å². The summed E-state index contributed by atoms with van der Waals surface area (Å²) >= 11 is 0. The van der Waals surface area contributed by atoms with E-state index in [1.807, 2.05) is 6.92 Å². The molecular formula is C31H41N3O2. The summed E-state index contributed by atoms with van der Waals surface area (Å²) in [4.78, 5) is 27.9. The topological polar surface area (TPSA) is 71.1 Å². The largest absolute Gasteiger partial charge is 0.354 e. The molecule has 36 heavy (non-hydrogen) atoms. The van der Waals surface area contributed by atoms with Gasteiger partial charge in [-0.15, -0.1) is 23.7 Å². The summed E-state index contributed by atoms with van der Waals surface area (Å²) in [5.74, 6) is 12.3. The molecule has 0 aliphatic heterocycles. The van der Waals surface area contributed by atoms with Gasteiger partial charge in [0.05, 0.1) is 5.56 Å². The lowest BCUT2D eigenvalue weighted by Crippen LogP contribution is -2.34. The lowest BCUT2D eigenvalue weighted by atomic mass is 10.2. The van der Waals surface area contributed by atoms with Crippen molar-refractivity contribution in [2.75, 3.05) is 13.1 Å². The molecule has 0 fully saturated rings. The number of carbonyl (C=O) groups excluding carboxylic acids is 2. The van der Waals surface area contributed by atoms with Crippen molar-refractivity contribution in [3.63, 3.8) is 0 Å². The van der Waals surface area contributed by atoms with Gasteiger partial charge in [-0.1, -0.05) is 43.4 Å². The van der Waals surface area contributed by atoms with E-state index in [-0.39, 0.29) is 11.8 Å². The van der Waals surface area contributed by atoms with Gasteiger partial charge in [-0.25, -0.2) is 0 Å². The summed E-state index contributed by atoms with van der Waals surface area (Å²) in [6.07, 6.45) is 24.8. The molecule has 5 nitrogen and oxygen atoms in total. The number of nitrogens with zero attached hydrogens (tertiary/aromatic N) is 1. The number of rotatable bonds is 15. The lowest BCUT2D eigenvalue weighted by Gasteiger charge is -2.07. The Hall–Kier alpha value is -3.57. The Morgan fingerprint density at radius 2 is 1.47 bits per heavy atom. The molecule has 0 aliphatic carbocycles. The average Bonchev–Trinajstić information content (AvgIpc) is 2.87. The van der Waals surface area contributed by atoms with E-state index in [2.05, 4.69) is 82.7 Å². The number of aromatic nitrogens is 1. The normalized spacial score (nSPS) is 10.7. The summed E-state index contributed by atoms with van der Waals surface area (Å²) in [7, 11) is 0. The molecule has 5 heteroatoms. The zero-order valence-corrected chi connectivity index (χ0v) is 21.9. The summed E-state index contributed by atoms with van der Waals surface area (Å²) < 4.78 is 0. The van der Waals surface area contributed by atoms with Gasteiger partial charge in [0.15, 0.2) is 0 Å². The van der Waals surface area contributed by atoms with Gasteiger partial charge >= 0.3 is 0 Å². The molecule has 0 saturated carbocycles. The van der Waals surface area contributed by atoms with E-state index in [4.69, 9.17) is 0 Å². The van der Waals surface area contributed by atoms with Gasteiger partial charge in [-0.3, -0.25) is 14.6 Å². The maximum Gasteiger partial charge on any atom is 0.252 e. The SMILES string of the molecule is CCC#CCCC#CCC/C=C\C/C=C\C/C=C\CCCC(=O)NCCNC(=O)c1cncc(C)c1. The van der Waals surface area contributed by atoms with Crippen molar-refractivity contribution in [3.8, 4) is 23.7 Å². The molecule has 1 aromatic heterocycles. The van der Waals surface area contributed by atoms with Crippen molar-refractivity contribution >= 4 is 11.8 Å². The molecule has 1 heterocycles. The van der Waals surface area contributed by atoms with Gasteiger partial charge in [0, 0.05) is 57.6 Å². The van der Waals surface area contributed by atoms with E-state index in [1.54, 1.807) is 12.3 Å². The maximum atomic E-state index is 12.0. The first-order chi connectivity index (χ1) is 17.6. The molecule has 0 radical (unpaired) electrons. The van der Waals surface area contributed by atoms with Gasteiger partial charge in [0.25, 0.3) is 5.91 Å². The number of allylic oxidation sites excluding steroid dienone is 6. The highest BCUT2D eigenvalue weighted by atomic mass is 16.2. The molecule has 0 spiro atoms. The van der Waals surface area contributed by atoms with Crippen LogP contribution in [-0.2, 0) is 4.79 Å². The number of aryl methyl sites for hydroxylation is 1. The Labute approximate surface area is 217 Å². The van der Waals surface area contributed by atoms with E-state index >= 15 is 0 Å². The van der Waals surface area contributed by atoms with Crippen LogP contribution in [0.25, 0.3) is 0 Å². The second kappa shape index (κ2) is 21.9. The van der Waals surface area contributed by atoms with Crippen LogP contribution in [0.2, 0.25) is 0 Å². The van der Waals surface area contributed by atoms with Crippen LogP contribution in [-0.4, -0.2) is 29.9 Å². The van der Waals surface area contributed by atoms with Gasteiger partial charge in [-0.05, 0) is 50.7 Å². The highest BCUT2D eigenvalue weighted by molar-refractivity contribution is 5.94. The molecule has 2 N–H and O–H groups in total. The number of hydrogen-bond acceptors (Lipinski definition) is 3. The zero-order chi connectivity index (χ0) is 26.1. The Balaban J connectivity index is 1.96. The van der Waals surface area contributed by atoms with Crippen molar-refractivity contribution in [2.24, 2.45) is 0 Å². The number of unbranched alkanes of at least 4 members (excludes halogenated alkanes) is 3. The Morgan fingerprint density at radius 1 is 0.833 bits per heavy atom. The third-order valence-electron chi connectivity index (χ3n) is 4.93. The first kappa shape index (κ1) is 30.5. The molecule has 0 aromatic carbocycles. The van der Waals surface area contributed by atoms with Crippen molar-refractivity contribution in [3.05, 3.63) is 66.0 Å². The summed E-state index contributed by atoms with van der Waals surface area (Å²) in [5, 5.41) is 5.62. The second-order valence-electron chi connectivity index (χ2n) is 8.23. The van der Waals surface area contributed by atoms with Crippen molar-refractivity contribution < 1.29 is 9.59 Å². The van der Waals surface area contributed by atoms with Crippen LogP contribution in [0.3, 0.4) is 0 Å². The third kappa shape index (κ3) is 17.8. The van der Waals surface area contributed by atoms with E-state index in [0.29, 0.717) is 25.1 Å². The Morgan fingerprint density at radius 3 is 2.19 bits per heavy atom. The van der Waals surface area contributed by atoms with Crippen LogP contribution in [0.1, 0.15) is 87.1 Å². The summed E-state index contributed by atoms with van der Waals surface area (Å²) in [5.41, 5.74) is 1.46. The van der Waals surface area contributed by atoms with Crippen LogP contribution >= 0.6 is 0 Å². The molecule has 1 rings (SSSR count). The van der Waals surface area contributed by atoms with Crippen molar-refractivity contribution in [1.29, 1.82) is 0 Å². The minimum atomic E-state index is -0.180. The summed E-state index contributed by atoms with van der Waals surface area (Å²) in [6, 6.07) is 1.79. The van der Waals surface area contributed by atoms with Gasteiger partial charge in [-0.2, -0.15) is 0 Å². The number of hydrogen-bond donors (Lipinski definition) is 2. The molecule has 0 bridgehead atoms. The fourth-order valence-electron chi connectivity index (χ4n) is 3.08. The number of carbonyl (C=O) groups is 2. The number of amides is 2. The van der Waals surface area contributed by atoms with E-state index in [9.17, 15) is 9.59 Å². The molecule has 2 amide bonds. The predicted octanol–water partition coefficient (Wildman–Crippen LogP) is 5.83. The first-order valence-corrected chi connectivity index (χ1v) is 13.0. The van der Waals surface area contributed by atoms with Crippen molar-refractivity contribution in [1.82, 2.24) is 15.6 Å². The second-order valence-corrected chi connectivity index (χ2v) is 8.23. The van der Waals surface area contributed by atoms with Crippen LogP contribution < -0.4 is 10.6 Å². The van der Waals surface area contributed by atoms with Crippen LogP contribution in [0.5, 0.6) is 0 Å². The van der Waals surface area contributed by atoms with Gasteiger partial charge in [0.1, 0.15) is 0 Å². The van der Waals surface area contributed by atoms with E-state index in [0.717, 1.165) is 63.4 Å². The third-order valence-corrected chi connectivity index (χ3v) is 4.93. The Kier molecular flexibility index (Phi) is 18.6. The van der Waals surface area contributed by atoms with Gasteiger partial charge < -0.3 is 10.6 Å². The molecule has 0 unspecified atom stereocenters. The molecule has 0 atom stereocenters. The predicted molar refractivity (Wildman–Crippen MR) is 149 cm³/mol. The maximum absolute atomic E-state index is 12.0. The first-order valence-electron chi connectivity index (χ1n) is 13.0. The highest BCUT2D eigenvalue weighted by Gasteiger charge is 2.05. The fraction of sp³-hybridized carbons (Fsp3) is 0.452. The minimum absolute atomic E-state index is 0.00816. The van der Waals surface area contributed by atoms with Gasteiger partial charge in [0.2, 0.25) is 5.91 Å². The average molecular weight is 488 g/mol. The molecule has 1 aromatic rings. The molecule has 0 saturated heterocycles. The molecule has 192 valence electrons. The lowest BCUT2D eigenvalue weighted by molar-refractivity contribution is -0.121. The van der Waals surface area contributed by atoms with E-state index < -0.39 is 0 Å². The van der Waals surface area contributed by atoms with Crippen LogP contribution in [0.15, 0.2) is 54.9 Å². The fourth-order valence-corrected chi connectivity index (χ4v) is 3.08. The standard InChI is InChI=1S/C31H41N3O2/c1-3-4-5-6-7-8-9-10-11-12-13-14-15-16-17-18-19-20-21-22-30(35)33-23-24-34-31(36)29-25-28(2)26-32-27-29/h12-13,15-16,18-19,25-27H,3,6-7,10-11,14,17,20-24H2,1-2H3,(H,33,35)(H,34,36)/b13-12-,16-15-,19-18-. The minimum Gasteiger partial charge on any atom is -0.354 e. The summed E-state index contributed by atoms with van der Waals surface area (Å²) in [6.45, 7) is 4.76. The van der Waals surface area contributed by atoms with Crippen LogP contribution in [0.4, 0.5) is 0 Å². The number of nitrogens with one attached hydrogen (secondary N) is 2. The highest BCUT2D eigenvalue weighted by Crippen LogP contribution is 2.01. The number of pyridine rings is 1. The monoisotopic (exact) mass is 487 g/mol. The molecular weight excluding hydrogens is 446 g/mol. The smallest absolute Gasteiger partial charge is 0.252 e. The Bertz CT molecular complexity index is 984. The zero-order valence-electron chi connectivity index (χ0n) is 21.9. The van der Waals surface area contributed by atoms with Crippen molar-refractivity contribution in [2.45, 2.75) is 78.1 Å². The van der Waals surface area contributed by atoms with Crippen LogP contribution in [0, 0.1) is 30.6 Å².